The van der Waals surface area contributed by atoms with E-state index in [1.165, 1.54) is 25.9 Å². The third-order valence-electron chi connectivity index (χ3n) is 3.00. The van der Waals surface area contributed by atoms with Crippen LogP contribution in [0.5, 0.6) is 5.75 Å². The number of ether oxygens (including phenoxy) is 1. The molecule has 1 saturated heterocycles. The van der Waals surface area contributed by atoms with Crippen molar-refractivity contribution in [1.29, 1.82) is 0 Å². The molecule has 2 nitrogen and oxygen atoms in total. The van der Waals surface area contributed by atoms with Gasteiger partial charge in [-0.25, -0.2) is 0 Å². The number of rotatable bonds is 4. The van der Waals surface area contributed by atoms with Crippen LogP contribution in [0.25, 0.3) is 0 Å². The van der Waals surface area contributed by atoms with E-state index in [4.69, 9.17) is 16.3 Å². The van der Waals surface area contributed by atoms with Crippen molar-refractivity contribution in [3.8, 4) is 5.75 Å². The van der Waals surface area contributed by atoms with E-state index in [2.05, 4.69) is 4.90 Å². The molecule has 0 unspecified atom stereocenters. The Morgan fingerprint density at radius 3 is 2.75 bits per heavy atom. The third kappa shape index (κ3) is 3.13. The second-order valence-electron chi connectivity index (χ2n) is 4.31. The first-order valence-electron chi connectivity index (χ1n) is 5.87. The molecule has 1 aromatic rings. The highest BCUT2D eigenvalue weighted by Crippen LogP contribution is 2.21. The smallest absolute Gasteiger partial charge is 0.122 e. The molecular formula is C13H18ClNO. The lowest BCUT2D eigenvalue weighted by Gasteiger charge is -2.15. The van der Waals surface area contributed by atoms with E-state index in [9.17, 15) is 0 Å². The van der Waals surface area contributed by atoms with Crippen LogP contribution in [0.1, 0.15) is 18.4 Å². The minimum absolute atomic E-state index is 0.766. The molecule has 0 aliphatic carbocycles. The van der Waals surface area contributed by atoms with Crippen molar-refractivity contribution in [1.82, 2.24) is 4.90 Å². The summed E-state index contributed by atoms with van der Waals surface area (Å²) in [6.45, 7) is 6.27. The van der Waals surface area contributed by atoms with Gasteiger partial charge in [-0.2, -0.15) is 0 Å². The van der Waals surface area contributed by atoms with Crippen LogP contribution in [-0.2, 0) is 0 Å². The molecule has 1 fully saturated rings. The average Bonchev–Trinajstić information content (AvgIpc) is 2.74. The van der Waals surface area contributed by atoms with E-state index in [1.54, 1.807) is 0 Å². The second-order valence-corrected chi connectivity index (χ2v) is 4.74. The molecular weight excluding hydrogens is 222 g/mol. The standard InChI is InChI=1S/C13H18ClNO/c1-11-10-12(14)4-5-13(11)16-9-8-15-6-2-3-7-15/h4-5,10H,2-3,6-9H2,1H3. The first-order valence-corrected chi connectivity index (χ1v) is 6.25. The minimum Gasteiger partial charge on any atom is -0.492 e. The quantitative estimate of drug-likeness (QED) is 0.801. The van der Waals surface area contributed by atoms with Crippen LogP contribution in [0.15, 0.2) is 18.2 Å². The molecule has 0 amide bonds. The van der Waals surface area contributed by atoms with Crippen molar-refractivity contribution in [3.05, 3.63) is 28.8 Å². The minimum atomic E-state index is 0.766. The van der Waals surface area contributed by atoms with Crippen LogP contribution in [-0.4, -0.2) is 31.1 Å². The van der Waals surface area contributed by atoms with Gasteiger partial charge in [0.05, 0.1) is 0 Å². The van der Waals surface area contributed by atoms with Crippen molar-refractivity contribution in [2.24, 2.45) is 0 Å². The number of benzene rings is 1. The fourth-order valence-electron chi connectivity index (χ4n) is 2.07. The topological polar surface area (TPSA) is 12.5 Å². The highest BCUT2D eigenvalue weighted by molar-refractivity contribution is 6.30. The Kier molecular flexibility index (Phi) is 4.08. The molecule has 0 aromatic heterocycles. The van der Waals surface area contributed by atoms with Gasteiger partial charge in [0, 0.05) is 11.6 Å². The summed E-state index contributed by atoms with van der Waals surface area (Å²) >= 11 is 5.89. The lowest BCUT2D eigenvalue weighted by molar-refractivity contribution is 0.237. The van der Waals surface area contributed by atoms with E-state index in [-0.39, 0.29) is 0 Å². The van der Waals surface area contributed by atoms with Crippen molar-refractivity contribution in [3.63, 3.8) is 0 Å². The Morgan fingerprint density at radius 2 is 2.06 bits per heavy atom. The van der Waals surface area contributed by atoms with Crippen LogP contribution in [0.3, 0.4) is 0 Å². The molecule has 0 saturated carbocycles. The Labute approximate surface area is 102 Å². The molecule has 2 rings (SSSR count). The molecule has 3 heteroatoms. The highest BCUT2D eigenvalue weighted by atomic mass is 35.5. The fourth-order valence-corrected chi connectivity index (χ4v) is 2.29. The molecule has 0 bridgehead atoms. The fraction of sp³-hybridized carbons (Fsp3) is 0.538. The van der Waals surface area contributed by atoms with Gasteiger partial charge in [0.15, 0.2) is 0 Å². The molecule has 0 atom stereocenters. The van der Waals surface area contributed by atoms with Crippen LogP contribution < -0.4 is 4.74 Å². The normalized spacial score (nSPS) is 16.6. The zero-order valence-corrected chi connectivity index (χ0v) is 10.5. The first-order chi connectivity index (χ1) is 7.75. The van der Waals surface area contributed by atoms with Gasteiger partial charge in [-0.15, -0.1) is 0 Å². The van der Waals surface area contributed by atoms with E-state index in [0.29, 0.717) is 0 Å². The largest absolute Gasteiger partial charge is 0.492 e. The second kappa shape index (κ2) is 5.55. The number of hydrogen-bond donors (Lipinski definition) is 0. The van der Waals surface area contributed by atoms with Gasteiger partial charge >= 0.3 is 0 Å². The molecule has 88 valence electrons. The van der Waals surface area contributed by atoms with Gasteiger partial charge in [-0.05, 0) is 56.6 Å². The van der Waals surface area contributed by atoms with Crippen LogP contribution in [0, 0.1) is 6.92 Å². The summed E-state index contributed by atoms with van der Waals surface area (Å²) in [5.41, 5.74) is 1.11. The van der Waals surface area contributed by atoms with Crippen LogP contribution in [0.2, 0.25) is 5.02 Å². The summed E-state index contributed by atoms with van der Waals surface area (Å²) in [6, 6.07) is 5.76. The number of hydrogen-bond acceptors (Lipinski definition) is 2. The summed E-state index contributed by atoms with van der Waals surface area (Å²) in [5.74, 6) is 0.948. The Morgan fingerprint density at radius 1 is 1.31 bits per heavy atom. The molecule has 0 radical (unpaired) electrons. The van der Waals surface area contributed by atoms with Gasteiger partial charge in [-0.1, -0.05) is 11.6 Å². The zero-order valence-electron chi connectivity index (χ0n) is 9.71. The Hall–Kier alpha value is -0.730. The monoisotopic (exact) mass is 239 g/mol. The SMILES string of the molecule is Cc1cc(Cl)ccc1OCCN1CCCC1. The molecule has 16 heavy (non-hydrogen) atoms. The van der Waals surface area contributed by atoms with Crippen LogP contribution in [0.4, 0.5) is 0 Å². The number of nitrogens with zero attached hydrogens (tertiary/aromatic N) is 1. The van der Waals surface area contributed by atoms with Crippen molar-refractivity contribution >= 4 is 11.6 Å². The van der Waals surface area contributed by atoms with Crippen molar-refractivity contribution in [2.75, 3.05) is 26.2 Å². The van der Waals surface area contributed by atoms with Gasteiger partial charge in [-0.3, -0.25) is 4.90 Å². The molecule has 1 aliphatic rings. The predicted octanol–water partition coefficient (Wildman–Crippen LogP) is 3.12. The van der Waals surface area contributed by atoms with E-state index in [1.807, 2.05) is 25.1 Å². The lowest BCUT2D eigenvalue weighted by Crippen LogP contribution is -2.25. The summed E-state index contributed by atoms with van der Waals surface area (Å²) in [6.07, 6.45) is 2.67. The van der Waals surface area contributed by atoms with Crippen molar-refractivity contribution < 1.29 is 4.74 Å². The number of likely N-dealkylation sites (tertiary alicyclic amines) is 1. The molecule has 0 spiro atoms. The first kappa shape index (κ1) is 11.7. The highest BCUT2D eigenvalue weighted by Gasteiger charge is 2.10. The Balaban J connectivity index is 1.80. The van der Waals surface area contributed by atoms with Gasteiger partial charge in [0.25, 0.3) is 0 Å². The average molecular weight is 240 g/mol. The number of halogens is 1. The molecule has 1 aromatic carbocycles. The van der Waals surface area contributed by atoms with E-state index in [0.717, 1.165) is 29.5 Å². The Bertz CT molecular complexity index is 348. The lowest BCUT2D eigenvalue weighted by atomic mass is 10.2. The zero-order chi connectivity index (χ0) is 11.4. The molecule has 1 aliphatic heterocycles. The third-order valence-corrected chi connectivity index (χ3v) is 3.24. The van der Waals surface area contributed by atoms with Crippen molar-refractivity contribution in [2.45, 2.75) is 19.8 Å². The maximum absolute atomic E-state index is 5.89. The van der Waals surface area contributed by atoms with E-state index >= 15 is 0 Å². The number of aryl methyl sites for hydroxylation is 1. The maximum atomic E-state index is 5.89. The predicted molar refractivity (Wildman–Crippen MR) is 67.4 cm³/mol. The van der Waals surface area contributed by atoms with Gasteiger partial charge < -0.3 is 4.74 Å². The maximum Gasteiger partial charge on any atom is 0.122 e. The molecule has 1 heterocycles. The summed E-state index contributed by atoms with van der Waals surface area (Å²) < 4.78 is 5.75. The molecule has 0 N–H and O–H groups in total. The van der Waals surface area contributed by atoms with Crippen LogP contribution >= 0.6 is 11.6 Å². The van der Waals surface area contributed by atoms with Gasteiger partial charge in [0.2, 0.25) is 0 Å². The summed E-state index contributed by atoms with van der Waals surface area (Å²) in [4.78, 5) is 2.45. The van der Waals surface area contributed by atoms with E-state index < -0.39 is 0 Å². The van der Waals surface area contributed by atoms with Gasteiger partial charge in [0.1, 0.15) is 12.4 Å². The summed E-state index contributed by atoms with van der Waals surface area (Å²) in [7, 11) is 0. The summed E-state index contributed by atoms with van der Waals surface area (Å²) in [5, 5.41) is 0.768.